The molecule has 1 atom stereocenters. The molecular formula is C16H19NO5. The summed E-state index contributed by atoms with van der Waals surface area (Å²) in [5.74, 6) is -1.79. The Labute approximate surface area is 128 Å². The topological polar surface area (TPSA) is 92.7 Å². The van der Waals surface area contributed by atoms with Crippen LogP contribution in [0.25, 0.3) is 0 Å². The number of amides is 1. The Morgan fingerprint density at radius 1 is 1.32 bits per heavy atom. The Hall–Kier alpha value is -2.37. The lowest BCUT2D eigenvalue weighted by atomic mass is 10.0. The number of hydrogen-bond donors (Lipinski definition) is 2. The molecule has 0 bridgehead atoms. The van der Waals surface area contributed by atoms with Gasteiger partial charge in [-0.1, -0.05) is 19.4 Å². The summed E-state index contributed by atoms with van der Waals surface area (Å²) in [5.41, 5.74) is 1.79. The van der Waals surface area contributed by atoms with Crippen LogP contribution < -0.4 is 5.32 Å². The number of rotatable bonds is 7. The van der Waals surface area contributed by atoms with Crippen LogP contribution >= 0.6 is 0 Å². The standard InChI is InChI=1S/C16H19NO5/c1-2-3-4-13-11-6-5-10(9-12(11)16(21)22-13)17-14(18)7-8-15(19)20/h5-6,9,13H,2-4,7-8H2,1H3,(H,17,18)(H,19,20). The molecule has 1 aliphatic rings. The molecule has 2 rings (SSSR count). The molecule has 1 amide bonds. The minimum absolute atomic E-state index is 0.101. The number of ether oxygens (including phenoxy) is 1. The van der Waals surface area contributed by atoms with Gasteiger partial charge in [0, 0.05) is 17.7 Å². The summed E-state index contributed by atoms with van der Waals surface area (Å²) in [7, 11) is 0. The molecule has 1 heterocycles. The number of anilines is 1. The maximum atomic E-state index is 11.9. The third-order valence-corrected chi connectivity index (χ3v) is 3.54. The van der Waals surface area contributed by atoms with Crippen molar-refractivity contribution in [3.05, 3.63) is 29.3 Å². The molecule has 1 aromatic carbocycles. The number of carbonyl (C=O) groups excluding carboxylic acids is 2. The molecular weight excluding hydrogens is 286 g/mol. The largest absolute Gasteiger partial charge is 0.481 e. The number of hydrogen-bond acceptors (Lipinski definition) is 4. The minimum atomic E-state index is -1.02. The third kappa shape index (κ3) is 3.84. The molecule has 0 aromatic heterocycles. The predicted molar refractivity (Wildman–Crippen MR) is 79.6 cm³/mol. The van der Waals surface area contributed by atoms with E-state index in [1.807, 2.05) is 0 Å². The number of nitrogens with one attached hydrogen (secondary N) is 1. The lowest BCUT2D eigenvalue weighted by molar-refractivity contribution is -0.138. The van der Waals surface area contributed by atoms with Gasteiger partial charge in [0.15, 0.2) is 0 Å². The number of carboxylic acid groups (broad SMARTS) is 1. The minimum Gasteiger partial charge on any atom is -0.481 e. The van der Waals surface area contributed by atoms with Crippen LogP contribution in [0.2, 0.25) is 0 Å². The molecule has 0 aliphatic carbocycles. The van der Waals surface area contributed by atoms with Gasteiger partial charge in [-0.05, 0) is 25.0 Å². The van der Waals surface area contributed by atoms with Crippen molar-refractivity contribution in [1.82, 2.24) is 0 Å². The second-order valence-corrected chi connectivity index (χ2v) is 5.28. The van der Waals surface area contributed by atoms with Crippen molar-refractivity contribution < 1.29 is 24.2 Å². The number of esters is 1. The molecule has 2 N–H and O–H groups in total. The summed E-state index contributed by atoms with van der Waals surface area (Å²) in [4.78, 5) is 33.9. The van der Waals surface area contributed by atoms with Crippen molar-refractivity contribution in [2.75, 3.05) is 5.32 Å². The molecule has 0 saturated carbocycles. The van der Waals surface area contributed by atoms with E-state index in [-0.39, 0.29) is 24.9 Å². The molecule has 6 heteroatoms. The first kappa shape index (κ1) is 16.0. The monoisotopic (exact) mass is 305 g/mol. The molecule has 1 aliphatic heterocycles. The fourth-order valence-corrected chi connectivity index (χ4v) is 2.40. The first-order valence-electron chi connectivity index (χ1n) is 7.37. The lowest BCUT2D eigenvalue weighted by Gasteiger charge is -2.10. The molecule has 22 heavy (non-hydrogen) atoms. The van der Waals surface area contributed by atoms with E-state index in [0.717, 1.165) is 24.8 Å². The van der Waals surface area contributed by atoms with E-state index in [9.17, 15) is 14.4 Å². The van der Waals surface area contributed by atoms with Gasteiger partial charge in [0.2, 0.25) is 5.91 Å². The van der Waals surface area contributed by atoms with E-state index in [1.165, 1.54) is 0 Å². The van der Waals surface area contributed by atoms with Crippen LogP contribution in [-0.4, -0.2) is 23.0 Å². The van der Waals surface area contributed by atoms with Crippen molar-refractivity contribution in [3.63, 3.8) is 0 Å². The Balaban J connectivity index is 2.05. The molecule has 0 radical (unpaired) electrons. The predicted octanol–water partition coefficient (Wildman–Crippen LogP) is 2.89. The zero-order valence-corrected chi connectivity index (χ0v) is 12.4. The maximum Gasteiger partial charge on any atom is 0.339 e. The summed E-state index contributed by atoms with van der Waals surface area (Å²) >= 11 is 0. The molecule has 6 nitrogen and oxygen atoms in total. The van der Waals surface area contributed by atoms with Gasteiger partial charge >= 0.3 is 11.9 Å². The Morgan fingerprint density at radius 2 is 2.09 bits per heavy atom. The molecule has 1 aromatic rings. The first-order valence-corrected chi connectivity index (χ1v) is 7.37. The van der Waals surface area contributed by atoms with E-state index >= 15 is 0 Å². The highest BCUT2D eigenvalue weighted by Crippen LogP contribution is 2.35. The summed E-state index contributed by atoms with van der Waals surface area (Å²) in [5, 5.41) is 11.1. The van der Waals surface area contributed by atoms with Crippen molar-refractivity contribution in [2.24, 2.45) is 0 Å². The highest BCUT2D eigenvalue weighted by atomic mass is 16.5. The van der Waals surface area contributed by atoms with Crippen LogP contribution in [0.5, 0.6) is 0 Å². The summed E-state index contributed by atoms with van der Waals surface area (Å²) < 4.78 is 5.34. The van der Waals surface area contributed by atoms with Gasteiger partial charge in [-0.3, -0.25) is 9.59 Å². The van der Waals surface area contributed by atoms with Gasteiger partial charge in [0.25, 0.3) is 0 Å². The summed E-state index contributed by atoms with van der Waals surface area (Å²) in [6, 6.07) is 5.08. The van der Waals surface area contributed by atoms with E-state index < -0.39 is 11.9 Å². The molecule has 0 fully saturated rings. The van der Waals surface area contributed by atoms with E-state index in [0.29, 0.717) is 11.3 Å². The average Bonchev–Trinajstić information content (AvgIpc) is 2.79. The molecule has 0 spiro atoms. The van der Waals surface area contributed by atoms with E-state index in [2.05, 4.69) is 12.2 Å². The maximum absolute atomic E-state index is 11.9. The van der Waals surface area contributed by atoms with Gasteiger partial charge in [-0.15, -0.1) is 0 Å². The summed E-state index contributed by atoms with van der Waals surface area (Å²) in [6.07, 6.45) is 2.26. The number of unbranched alkanes of at least 4 members (excludes halogenated alkanes) is 1. The van der Waals surface area contributed by atoms with E-state index in [1.54, 1.807) is 18.2 Å². The van der Waals surface area contributed by atoms with Crippen molar-refractivity contribution >= 4 is 23.5 Å². The van der Waals surface area contributed by atoms with Crippen LogP contribution in [0, 0.1) is 0 Å². The first-order chi connectivity index (χ1) is 10.5. The third-order valence-electron chi connectivity index (χ3n) is 3.54. The number of aliphatic carboxylic acids is 1. The van der Waals surface area contributed by atoms with Crippen LogP contribution in [0.1, 0.15) is 61.1 Å². The number of carboxylic acids is 1. The van der Waals surface area contributed by atoms with Crippen molar-refractivity contribution in [3.8, 4) is 0 Å². The van der Waals surface area contributed by atoms with Crippen molar-refractivity contribution in [1.29, 1.82) is 0 Å². The van der Waals surface area contributed by atoms with Gasteiger partial charge in [-0.2, -0.15) is 0 Å². The Morgan fingerprint density at radius 3 is 2.77 bits per heavy atom. The second-order valence-electron chi connectivity index (χ2n) is 5.28. The van der Waals surface area contributed by atoms with Crippen molar-refractivity contribution in [2.45, 2.75) is 45.1 Å². The number of cyclic esters (lactones) is 1. The smallest absolute Gasteiger partial charge is 0.339 e. The number of benzene rings is 1. The van der Waals surface area contributed by atoms with Crippen LogP contribution in [0.4, 0.5) is 5.69 Å². The van der Waals surface area contributed by atoms with Gasteiger partial charge in [-0.25, -0.2) is 4.79 Å². The fraction of sp³-hybridized carbons (Fsp3) is 0.438. The fourth-order valence-electron chi connectivity index (χ4n) is 2.40. The highest BCUT2D eigenvalue weighted by Gasteiger charge is 2.30. The lowest BCUT2D eigenvalue weighted by Crippen LogP contribution is -2.13. The molecule has 1 unspecified atom stereocenters. The second kappa shape index (κ2) is 7.06. The van der Waals surface area contributed by atoms with E-state index in [4.69, 9.17) is 9.84 Å². The van der Waals surface area contributed by atoms with Gasteiger partial charge in [0.05, 0.1) is 12.0 Å². The van der Waals surface area contributed by atoms with Crippen LogP contribution in [-0.2, 0) is 14.3 Å². The van der Waals surface area contributed by atoms with Crippen LogP contribution in [0.15, 0.2) is 18.2 Å². The molecule has 118 valence electrons. The normalized spacial score (nSPS) is 16.0. The SMILES string of the molecule is CCCCC1OC(=O)c2cc(NC(=O)CCC(=O)O)ccc21. The van der Waals surface area contributed by atoms with Crippen LogP contribution in [0.3, 0.4) is 0 Å². The number of fused-ring (bicyclic) bond motifs is 1. The molecule has 0 saturated heterocycles. The average molecular weight is 305 g/mol. The zero-order valence-electron chi connectivity index (χ0n) is 12.4. The number of carbonyl (C=O) groups is 3. The highest BCUT2D eigenvalue weighted by molar-refractivity contribution is 5.97. The quantitative estimate of drug-likeness (QED) is 0.756. The zero-order chi connectivity index (χ0) is 16.1. The Kier molecular flexibility index (Phi) is 5.14. The van der Waals surface area contributed by atoms with Gasteiger partial charge < -0.3 is 15.2 Å². The van der Waals surface area contributed by atoms with Gasteiger partial charge in [0.1, 0.15) is 6.10 Å². The summed E-state index contributed by atoms with van der Waals surface area (Å²) in [6.45, 7) is 2.08. The Bertz CT molecular complexity index is 596.